The quantitative estimate of drug-likeness (QED) is 0.713. The van der Waals surface area contributed by atoms with Crippen molar-refractivity contribution in [2.75, 3.05) is 5.32 Å². The highest BCUT2D eigenvalue weighted by Gasteiger charge is 2.08. The van der Waals surface area contributed by atoms with Crippen LogP contribution in [-0.2, 0) is 20.9 Å². The number of amides is 2. The maximum absolute atomic E-state index is 11.6. The fourth-order valence-corrected chi connectivity index (χ4v) is 1.56. The van der Waals surface area contributed by atoms with Crippen LogP contribution in [0.25, 0.3) is 0 Å². The van der Waals surface area contributed by atoms with Crippen molar-refractivity contribution in [3.63, 3.8) is 0 Å². The average Bonchev–Trinajstić information content (AvgIpc) is 2.43. The summed E-state index contributed by atoms with van der Waals surface area (Å²) in [6.45, 7) is 3.91. The molecule has 0 aliphatic carbocycles. The van der Waals surface area contributed by atoms with Gasteiger partial charge in [-0.25, -0.2) is 0 Å². The molecule has 0 bridgehead atoms. The van der Waals surface area contributed by atoms with Crippen LogP contribution in [0, 0.1) is 5.92 Å². The van der Waals surface area contributed by atoms with E-state index in [9.17, 15) is 14.4 Å². The molecular weight excluding hydrogens is 272 g/mol. The van der Waals surface area contributed by atoms with Crippen molar-refractivity contribution in [2.45, 2.75) is 33.2 Å². The van der Waals surface area contributed by atoms with Crippen molar-refractivity contribution in [1.82, 2.24) is 5.32 Å². The van der Waals surface area contributed by atoms with E-state index in [1.807, 2.05) is 19.9 Å². The minimum Gasteiger partial charge on any atom is -0.481 e. The molecule has 0 aromatic heterocycles. The number of carbonyl (C=O) groups excluding carboxylic acids is 2. The Morgan fingerprint density at radius 1 is 1.19 bits per heavy atom. The second-order valence-electron chi connectivity index (χ2n) is 5.01. The molecular formula is C15H20N2O4. The first-order chi connectivity index (χ1) is 9.88. The van der Waals surface area contributed by atoms with E-state index in [1.165, 1.54) is 0 Å². The Balaban J connectivity index is 2.51. The maximum Gasteiger partial charge on any atom is 0.303 e. The minimum absolute atomic E-state index is 0.0426. The highest BCUT2D eigenvalue weighted by molar-refractivity contribution is 5.92. The molecule has 3 N–H and O–H groups in total. The van der Waals surface area contributed by atoms with E-state index in [0.29, 0.717) is 12.2 Å². The number of benzene rings is 1. The van der Waals surface area contributed by atoms with E-state index in [-0.39, 0.29) is 30.6 Å². The Morgan fingerprint density at radius 2 is 1.90 bits per heavy atom. The van der Waals surface area contributed by atoms with E-state index in [0.717, 1.165) is 5.56 Å². The molecule has 1 aromatic rings. The smallest absolute Gasteiger partial charge is 0.303 e. The Labute approximate surface area is 123 Å². The van der Waals surface area contributed by atoms with Crippen molar-refractivity contribution in [3.8, 4) is 0 Å². The van der Waals surface area contributed by atoms with E-state index >= 15 is 0 Å². The summed E-state index contributed by atoms with van der Waals surface area (Å²) in [5, 5.41) is 13.9. The Hall–Kier alpha value is -2.37. The van der Waals surface area contributed by atoms with Crippen LogP contribution in [0.3, 0.4) is 0 Å². The molecule has 0 saturated heterocycles. The van der Waals surface area contributed by atoms with Crippen LogP contribution in [0.2, 0.25) is 0 Å². The zero-order valence-corrected chi connectivity index (χ0v) is 12.2. The number of anilines is 1. The van der Waals surface area contributed by atoms with Gasteiger partial charge < -0.3 is 15.7 Å². The maximum atomic E-state index is 11.6. The third-order valence-corrected chi connectivity index (χ3v) is 2.77. The van der Waals surface area contributed by atoms with Gasteiger partial charge in [0.2, 0.25) is 11.8 Å². The molecule has 0 heterocycles. The number of aliphatic carboxylic acids is 1. The van der Waals surface area contributed by atoms with Crippen LogP contribution in [-0.4, -0.2) is 22.9 Å². The zero-order valence-electron chi connectivity index (χ0n) is 12.2. The molecule has 0 radical (unpaired) electrons. The molecule has 0 spiro atoms. The lowest BCUT2D eigenvalue weighted by molar-refractivity contribution is -0.138. The molecule has 6 nitrogen and oxygen atoms in total. The van der Waals surface area contributed by atoms with Gasteiger partial charge in [0.25, 0.3) is 0 Å². The number of nitrogens with one attached hydrogen (secondary N) is 2. The lowest BCUT2D eigenvalue weighted by Crippen LogP contribution is -2.23. The van der Waals surface area contributed by atoms with Gasteiger partial charge in [-0.1, -0.05) is 26.0 Å². The minimum atomic E-state index is -0.997. The van der Waals surface area contributed by atoms with Gasteiger partial charge in [-0.3, -0.25) is 14.4 Å². The molecule has 0 fully saturated rings. The first kappa shape index (κ1) is 16.7. The van der Waals surface area contributed by atoms with Crippen molar-refractivity contribution >= 4 is 23.5 Å². The van der Waals surface area contributed by atoms with Crippen molar-refractivity contribution in [1.29, 1.82) is 0 Å². The molecule has 0 saturated carbocycles. The Kier molecular flexibility index (Phi) is 6.39. The first-order valence-corrected chi connectivity index (χ1v) is 6.76. The number of hydrogen-bond donors (Lipinski definition) is 3. The molecule has 0 aliphatic rings. The molecule has 0 unspecified atom stereocenters. The summed E-state index contributed by atoms with van der Waals surface area (Å²) in [6, 6.07) is 7.16. The molecule has 0 atom stereocenters. The van der Waals surface area contributed by atoms with Gasteiger partial charge in [0.1, 0.15) is 0 Å². The van der Waals surface area contributed by atoms with Crippen LogP contribution in [0.1, 0.15) is 32.3 Å². The van der Waals surface area contributed by atoms with Crippen molar-refractivity contribution in [2.24, 2.45) is 5.92 Å². The number of carboxylic acids is 1. The lowest BCUT2D eigenvalue weighted by atomic mass is 10.1. The third-order valence-electron chi connectivity index (χ3n) is 2.77. The van der Waals surface area contributed by atoms with Crippen LogP contribution < -0.4 is 10.6 Å². The van der Waals surface area contributed by atoms with E-state index < -0.39 is 5.97 Å². The Morgan fingerprint density at radius 3 is 2.52 bits per heavy atom. The summed E-state index contributed by atoms with van der Waals surface area (Å²) in [4.78, 5) is 33.4. The highest BCUT2D eigenvalue weighted by Crippen LogP contribution is 2.12. The molecule has 1 aromatic carbocycles. The summed E-state index contributed by atoms with van der Waals surface area (Å²) in [6.07, 6.45) is -0.227. The van der Waals surface area contributed by atoms with E-state index in [2.05, 4.69) is 10.6 Å². The second kappa shape index (κ2) is 8.04. The van der Waals surface area contributed by atoms with Crippen molar-refractivity contribution in [3.05, 3.63) is 29.8 Å². The van der Waals surface area contributed by atoms with Crippen molar-refractivity contribution < 1.29 is 19.5 Å². The van der Waals surface area contributed by atoms with Gasteiger partial charge >= 0.3 is 5.97 Å². The van der Waals surface area contributed by atoms with Gasteiger partial charge in [-0.2, -0.15) is 0 Å². The number of carbonyl (C=O) groups is 3. The molecule has 2 amide bonds. The monoisotopic (exact) mass is 292 g/mol. The van der Waals surface area contributed by atoms with E-state index in [4.69, 9.17) is 5.11 Å². The third kappa shape index (κ3) is 6.56. The summed E-state index contributed by atoms with van der Waals surface area (Å²) in [5.74, 6) is -1.49. The predicted molar refractivity (Wildman–Crippen MR) is 78.6 cm³/mol. The van der Waals surface area contributed by atoms with Gasteiger partial charge in [0.15, 0.2) is 0 Å². The summed E-state index contributed by atoms with van der Waals surface area (Å²) >= 11 is 0. The molecule has 21 heavy (non-hydrogen) atoms. The second-order valence-corrected chi connectivity index (χ2v) is 5.01. The summed E-state index contributed by atoms with van der Waals surface area (Å²) in [5.41, 5.74) is 1.51. The topological polar surface area (TPSA) is 95.5 Å². The largest absolute Gasteiger partial charge is 0.481 e. The predicted octanol–water partition coefficient (Wildman–Crippen LogP) is 1.76. The van der Waals surface area contributed by atoms with Gasteiger partial charge in [0.05, 0.1) is 6.42 Å². The zero-order chi connectivity index (χ0) is 15.8. The average molecular weight is 292 g/mol. The first-order valence-electron chi connectivity index (χ1n) is 6.76. The molecule has 6 heteroatoms. The number of rotatable bonds is 7. The summed E-state index contributed by atoms with van der Waals surface area (Å²) in [7, 11) is 0. The lowest BCUT2D eigenvalue weighted by Gasteiger charge is -2.10. The molecule has 1 rings (SSSR count). The molecule has 114 valence electrons. The van der Waals surface area contributed by atoms with Crippen LogP contribution in [0.4, 0.5) is 5.69 Å². The Bertz CT molecular complexity index is 526. The fourth-order valence-electron chi connectivity index (χ4n) is 1.56. The van der Waals surface area contributed by atoms with Crippen LogP contribution in [0.15, 0.2) is 24.3 Å². The van der Waals surface area contributed by atoms with Gasteiger partial charge in [0, 0.05) is 24.6 Å². The molecule has 0 aliphatic heterocycles. The van der Waals surface area contributed by atoms with Gasteiger partial charge in [-0.05, 0) is 17.7 Å². The number of hydrogen-bond acceptors (Lipinski definition) is 3. The standard InChI is InChI=1S/C15H20N2O4/c1-10(2)15(21)17-12-5-3-4-11(8-12)9-16-13(18)6-7-14(19)20/h3-5,8,10H,6-7,9H2,1-2H3,(H,16,18)(H,17,21)(H,19,20). The summed E-state index contributed by atoms with van der Waals surface area (Å²) < 4.78 is 0. The van der Waals surface area contributed by atoms with E-state index in [1.54, 1.807) is 18.2 Å². The number of carboxylic acid groups (broad SMARTS) is 1. The highest BCUT2D eigenvalue weighted by atomic mass is 16.4. The normalized spacial score (nSPS) is 10.2. The fraction of sp³-hybridized carbons (Fsp3) is 0.400. The SMILES string of the molecule is CC(C)C(=O)Nc1cccc(CNC(=O)CCC(=O)O)c1. The van der Waals surface area contributed by atoms with Crippen LogP contribution in [0.5, 0.6) is 0 Å². The van der Waals surface area contributed by atoms with Crippen LogP contribution >= 0.6 is 0 Å². The van der Waals surface area contributed by atoms with Gasteiger partial charge in [-0.15, -0.1) is 0 Å².